The Hall–Kier alpha value is -1.40. The number of piperidine rings is 1. The number of nitriles is 1. The predicted octanol–water partition coefficient (Wildman–Crippen LogP) is 3.09. The summed E-state index contributed by atoms with van der Waals surface area (Å²) in [5.41, 5.74) is 1.07. The number of hydrogen-bond donors (Lipinski definition) is 0. The fourth-order valence-electron chi connectivity index (χ4n) is 2.17. The van der Waals surface area contributed by atoms with Gasteiger partial charge in [-0.05, 0) is 31.0 Å². The predicted molar refractivity (Wildman–Crippen MR) is 68.6 cm³/mol. The van der Waals surface area contributed by atoms with Crippen LogP contribution in [0.5, 0.6) is 5.75 Å². The molecule has 1 aromatic carbocycles. The topological polar surface area (TPSA) is 36.3 Å². The summed E-state index contributed by atoms with van der Waals surface area (Å²) in [6.45, 7) is 1.78. The molecule has 1 saturated heterocycles. The number of methoxy groups -OCH3 is 1. The Labute approximate surface area is 107 Å². The van der Waals surface area contributed by atoms with Gasteiger partial charge in [-0.3, -0.25) is 0 Å². The van der Waals surface area contributed by atoms with E-state index in [0.29, 0.717) is 10.8 Å². The lowest BCUT2D eigenvalue weighted by Crippen LogP contribution is -2.34. The maximum Gasteiger partial charge on any atom is 0.137 e. The first kappa shape index (κ1) is 12.1. The molecule has 1 atom stereocenters. The molecular weight excluding hydrogens is 236 g/mol. The molecule has 1 unspecified atom stereocenters. The van der Waals surface area contributed by atoms with E-state index >= 15 is 0 Å². The maximum atomic E-state index is 8.97. The molecule has 0 N–H and O–H groups in total. The fourth-order valence-corrected chi connectivity index (χ4v) is 2.42. The highest BCUT2D eigenvalue weighted by Gasteiger charge is 2.20. The van der Waals surface area contributed by atoms with E-state index in [1.165, 1.54) is 0 Å². The molecule has 2 rings (SSSR count). The van der Waals surface area contributed by atoms with Gasteiger partial charge in [0.05, 0.1) is 24.1 Å². The van der Waals surface area contributed by atoms with Crippen molar-refractivity contribution in [2.45, 2.75) is 12.8 Å². The quantitative estimate of drug-likeness (QED) is 0.809. The van der Waals surface area contributed by atoms with Gasteiger partial charge in [-0.25, -0.2) is 0 Å². The highest BCUT2D eigenvalue weighted by atomic mass is 35.5. The SMILES string of the molecule is COc1ccc(N2CCCC(C#N)C2)cc1Cl. The average Bonchev–Trinajstić information content (AvgIpc) is 2.38. The monoisotopic (exact) mass is 250 g/mol. The normalized spacial score (nSPS) is 19.8. The van der Waals surface area contributed by atoms with Crippen molar-refractivity contribution in [3.8, 4) is 11.8 Å². The second kappa shape index (κ2) is 5.29. The lowest BCUT2D eigenvalue weighted by molar-refractivity contribution is 0.415. The van der Waals surface area contributed by atoms with Crippen LogP contribution in [-0.4, -0.2) is 20.2 Å². The number of ether oxygens (including phenoxy) is 1. The van der Waals surface area contributed by atoms with E-state index < -0.39 is 0 Å². The minimum absolute atomic E-state index is 0.129. The first-order chi connectivity index (χ1) is 8.24. The summed E-state index contributed by atoms with van der Waals surface area (Å²) in [4.78, 5) is 2.21. The molecule has 1 heterocycles. The van der Waals surface area contributed by atoms with Gasteiger partial charge in [0.2, 0.25) is 0 Å². The first-order valence-corrected chi connectivity index (χ1v) is 6.10. The molecule has 1 aliphatic heterocycles. The summed E-state index contributed by atoms with van der Waals surface area (Å²) in [6, 6.07) is 8.10. The first-order valence-electron chi connectivity index (χ1n) is 5.72. The zero-order valence-corrected chi connectivity index (χ0v) is 10.6. The Morgan fingerprint density at radius 2 is 2.35 bits per heavy atom. The van der Waals surface area contributed by atoms with E-state index in [4.69, 9.17) is 21.6 Å². The van der Waals surface area contributed by atoms with Gasteiger partial charge in [0, 0.05) is 18.8 Å². The molecule has 0 saturated carbocycles. The number of benzene rings is 1. The van der Waals surface area contributed by atoms with Crippen LogP contribution in [0.2, 0.25) is 5.02 Å². The second-order valence-electron chi connectivity index (χ2n) is 4.23. The van der Waals surface area contributed by atoms with Crippen LogP contribution in [0.15, 0.2) is 18.2 Å². The van der Waals surface area contributed by atoms with Crippen LogP contribution in [0.1, 0.15) is 12.8 Å². The van der Waals surface area contributed by atoms with Crippen molar-refractivity contribution in [3.63, 3.8) is 0 Å². The molecule has 1 fully saturated rings. The van der Waals surface area contributed by atoms with Crippen LogP contribution < -0.4 is 9.64 Å². The van der Waals surface area contributed by atoms with E-state index in [9.17, 15) is 0 Å². The van der Waals surface area contributed by atoms with Crippen molar-refractivity contribution in [1.82, 2.24) is 0 Å². The molecule has 0 aromatic heterocycles. The van der Waals surface area contributed by atoms with Crippen molar-refractivity contribution < 1.29 is 4.74 Å². The lowest BCUT2D eigenvalue weighted by atomic mass is 9.99. The number of anilines is 1. The fraction of sp³-hybridized carbons (Fsp3) is 0.462. The molecule has 0 spiro atoms. The van der Waals surface area contributed by atoms with Crippen LogP contribution in [0.4, 0.5) is 5.69 Å². The van der Waals surface area contributed by atoms with Crippen molar-refractivity contribution >= 4 is 17.3 Å². The van der Waals surface area contributed by atoms with Gasteiger partial charge in [0.1, 0.15) is 5.75 Å². The van der Waals surface area contributed by atoms with Gasteiger partial charge in [0.25, 0.3) is 0 Å². The zero-order valence-electron chi connectivity index (χ0n) is 9.82. The number of halogens is 1. The molecule has 0 amide bonds. The smallest absolute Gasteiger partial charge is 0.137 e. The summed E-state index contributed by atoms with van der Waals surface area (Å²) in [5.74, 6) is 0.814. The Morgan fingerprint density at radius 1 is 1.53 bits per heavy atom. The summed E-state index contributed by atoms with van der Waals surface area (Å²) in [7, 11) is 1.60. The third kappa shape index (κ3) is 2.65. The van der Waals surface area contributed by atoms with Crippen LogP contribution in [-0.2, 0) is 0 Å². The molecule has 0 bridgehead atoms. The van der Waals surface area contributed by atoms with Crippen LogP contribution >= 0.6 is 11.6 Å². The largest absolute Gasteiger partial charge is 0.495 e. The second-order valence-corrected chi connectivity index (χ2v) is 4.64. The zero-order chi connectivity index (χ0) is 12.3. The maximum absolute atomic E-state index is 8.97. The minimum Gasteiger partial charge on any atom is -0.495 e. The number of rotatable bonds is 2. The van der Waals surface area contributed by atoms with E-state index in [1.807, 2.05) is 18.2 Å². The van der Waals surface area contributed by atoms with E-state index in [1.54, 1.807) is 7.11 Å². The number of nitrogens with zero attached hydrogens (tertiary/aromatic N) is 2. The molecule has 1 aliphatic rings. The van der Waals surface area contributed by atoms with Gasteiger partial charge < -0.3 is 9.64 Å². The average molecular weight is 251 g/mol. The van der Waals surface area contributed by atoms with Gasteiger partial charge >= 0.3 is 0 Å². The van der Waals surface area contributed by atoms with Crippen LogP contribution in [0.3, 0.4) is 0 Å². The van der Waals surface area contributed by atoms with Gasteiger partial charge in [-0.1, -0.05) is 11.6 Å². The van der Waals surface area contributed by atoms with Crippen molar-refractivity contribution in [3.05, 3.63) is 23.2 Å². The molecule has 0 radical (unpaired) electrons. The van der Waals surface area contributed by atoms with E-state index in [0.717, 1.165) is 31.6 Å². The molecule has 90 valence electrons. The standard InChI is InChI=1S/C13H15ClN2O/c1-17-13-5-4-11(7-12(13)14)16-6-2-3-10(8-15)9-16/h4-5,7,10H,2-3,6,9H2,1H3. The van der Waals surface area contributed by atoms with Crippen LogP contribution in [0.25, 0.3) is 0 Å². The lowest BCUT2D eigenvalue weighted by Gasteiger charge is -2.31. The molecule has 1 aromatic rings. The van der Waals surface area contributed by atoms with E-state index in [-0.39, 0.29) is 5.92 Å². The third-order valence-electron chi connectivity index (χ3n) is 3.10. The Morgan fingerprint density at radius 3 is 3.00 bits per heavy atom. The summed E-state index contributed by atoms with van der Waals surface area (Å²) in [5, 5.41) is 9.58. The Bertz CT molecular complexity index is 442. The minimum atomic E-state index is 0.129. The Balaban J connectivity index is 2.17. The Kier molecular flexibility index (Phi) is 3.75. The van der Waals surface area contributed by atoms with Gasteiger partial charge in [-0.15, -0.1) is 0 Å². The highest BCUT2D eigenvalue weighted by molar-refractivity contribution is 6.32. The molecule has 3 nitrogen and oxygen atoms in total. The van der Waals surface area contributed by atoms with Crippen molar-refractivity contribution in [2.24, 2.45) is 5.92 Å². The van der Waals surface area contributed by atoms with Gasteiger partial charge in [-0.2, -0.15) is 5.26 Å². The van der Waals surface area contributed by atoms with Crippen molar-refractivity contribution in [1.29, 1.82) is 5.26 Å². The van der Waals surface area contributed by atoms with Gasteiger partial charge in [0.15, 0.2) is 0 Å². The molecule has 4 heteroatoms. The molecule has 17 heavy (non-hydrogen) atoms. The summed E-state index contributed by atoms with van der Waals surface area (Å²) < 4.78 is 5.13. The highest BCUT2D eigenvalue weighted by Crippen LogP contribution is 2.31. The van der Waals surface area contributed by atoms with Crippen LogP contribution in [0, 0.1) is 17.2 Å². The van der Waals surface area contributed by atoms with Crippen molar-refractivity contribution in [2.75, 3.05) is 25.1 Å². The third-order valence-corrected chi connectivity index (χ3v) is 3.40. The molecule has 0 aliphatic carbocycles. The number of hydrogen-bond acceptors (Lipinski definition) is 3. The summed E-state index contributed by atoms with van der Waals surface area (Å²) >= 11 is 6.10. The van der Waals surface area contributed by atoms with E-state index in [2.05, 4.69) is 11.0 Å². The molecular formula is C13H15ClN2O. The summed E-state index contributed by atoms with van der Waals surface area (Å²) in [6.07, 6.45) is 2.05.